The number of carbonyl (C=O) groups excluding carboxylic acids is 1. The van der Waals surface area contributed by atoms with Gasteiger partial charge in [0.25, 0.3) is 5.91 Å². The zero-order valence-electron chi connectivity index (χ0n) is 10.2. The van der Waals surface area contributed by atoms with Gasteiger partial charge in [-0.15, -0.1) is 0 Å². The topological polar surface area (TPSA) is 75.4 Å². The number of carbonyl (C=O) groups is 1. The van der Waals surface area contributed by atoms with Gasteiger partial charge in [0, 0.05) is 18.6 Å². The maximum atomic E-state index is 12.1. The van der Waals surface area contributed by atoms with E-state index in [0.29, 0.717) is 17.0 Å². The predicted octanol–water partition coefficient (Wildman–Crippen LogP) is 1.18. The molecule has 1 amide bonds. The van der Waals surface area contributed by atoms with Crippen molar-refractivity contribution in [1.29, 1.82) is 0 Å². The second kappa shape index (κ2) is 4.87. The van der Waals surface area contributed by atoms with Gasteiger partial charge in [-0.25, -0.2) is 0 Å². The van der Waals surface area contributed by atoms with Crippen LogP contribution in [-0.4, -0.2) is 28.8 Å². The molecule has 0 spiro atoms. The highest BCUT2D eigenvalue weighted by Crippen LogP contribution is 2.25. The second-order valence-corrected chi connectivity index (χ2v) is 4.65. The van der Waals surface area contributed by atoms with E-state index in [0.717, 1.165) is 19.3 Å². The Morgan fingerprint density at radius 2 is 2.29 bits per heavy atom. The normalized spacial score (nSPS) is 23.9. The number of aliphatic hydroxyl groups is 1. The number of amides is 1. The highest BCUT2D eigenvalue weighted by atomic mass is 16.5. The molecular formula is C12H18N2O3. The van der Waals surface area contributed by atoms with Gasteiger partial charge in [0.2, 0.25) is 0 Å². The molecule has 1 fully saturated rings. The minimum Gasteiger partial charge on any atom is -0.396 e. The van der Waals surface area contributed by atoms with Crippen molar-refractivity contribution in [3.05, 3.63) is 17.0 Å². The van der Waals surface area contributed by atoms with Crippen molar-refractivity contribution in [2.75, 3.05) is 6.61 Å². The van der Waals surface area contributed by atoms with Crippen molar-refractivity contribution in [3.63, 3.8) is 0 Å². The Bertz CT molecular complexity index is 394. The molecule has 17 heavy (non-hydrogen) atoms. The highest BCUT2D eigenvalue weighted by molar-refractivity contribution is 5.96. The summed E-state index contributed by atoms with van der Waals surface area (Å²) in [6.45, 7) is 3.61. The van der Waals surface area contributed by atoms with Crippen molar-refractivity contribution in [1.82, 2.24) is 10.5 Å². The van der Waals surface area contributed by atoms with E-state index >= 15 is 0 Å². The van der Waals surface area contributed by atoms with Crippen LogP contribution < -0.4 is 5.32 Å². The fourth-order valence-electron chi connectivity index (χ4n) is 2.49. The van der Waals surface area contributed by atoms with Gasteiger partial charge in [-0.3, -0.25) is 4.79 Å². The molecule has 0 aliphatic heterocycles. The quantitative estimate of drug-likeness (QED) is 0.829. The summed E-state index contributed by atoms with van der Waals surface area (Å²) < 4.78 is 4.97. The van der Waals surface area contributed by atoms with Gasteiger partial charge in [-0.1, -0.05) is 11.6 Å². The van der Waals surface area contributed by atoms with Crippen LogP contribution in [0, 0.1) is 19.8 Å². The molecule has 2 atom stereocenters. The van der Waals surface area contributed by atoms with E-state index in [-0.39, 0.29) is 24.5 Å². The molecule has 1 aromatic heterocycles. The molecule has 1 aromatic rings. The van der Waals surface area contributed by atoms with Crippen LogP contribution in [0.4, 0.5) is 0 Å². The zero-order chi connectivity index (χ0) is 12.4. The lowest BCUT2D eigenvalue weighted by atomic mass is 10.0. The number of nitrogens with zero attached hydrogens (tertiary/aromatic N) is 1. The third-order valence-corrected chi connectivity index (χ3v) is 3.47. The van der Waals surface area contributed by atoms with E-state index in [9.17, 15) is 9.90 Å². The smallest absolute Gasteiger partial charge is 0.257 e. The van der Waals surface area contributed by atoms with Gasteiger partial charge in [0.05, 0.1) is 5.69 Å². The van der Waals surface area contributed by atoms with Gasteiger partial charge in [0.1, 0.15) is 11.3 Å². The van der Waals surface area contributed by atoms with Crippen LogP contribution in [-0.2, 0) is 0 Å². The van der Waals surface area contributed by atoms with Crippen LogP contribution in [0.15, 0.2) is 4.52 Å². The molecule has 5 heteroatoms. The summed E-state index contributed by atoms with van der Waals surface area (Å²) in [6, 6.07) is 0.0706. The van der Waals surface area contributed by atoms with Crippen molar-refractivity contribution in [3.8, 4) is 0 Å². The molecule has 5 nitrogen and oxygen atoms in total. The monoisotopic (exact) mass is 238 g/mol. The lowest BCUT2D eigenvalue weighted by Gasteiger charge is -2.18. The van der Waals surface area contributed by atoms with E-state index in [1.807, 2.05) is 0 Å². The van der Waals surface area contributed by atoms with Crippen molar-refractivity contribution in [2.24, 2.45) is 5.92 Å². The van der Waals surface area contributed by atoms with E-state index in [2.05, 4.69) is 10.5 Å². The van der Waals surface area contributed by atoms with Crippen LogP contribution in [0.5, 0.6) is 0 Å². The van der Waals surface area contributed by atoms with Gasteiger partial charge < -0.3 is 14.9 Å². The average molecular weight is 238 g/mol. The van der Waals surface area contributed by atoms with Crippen LogP contribution >= 0.6 is 0 Å². The van der Waals surface area contributed by atoms with Gasteiger partial charge in [-0.05, 0) is 26.7 Å². The number of aromatic nitrogens is 1. The Balaban J connectivity index is 2.07. The number of aliphatic hydroxyl groups excluding tert-OH is 1. The summed E-state index contributed by atoms with van der Waals surface area (Å²) in [5.74, 6) is 0.574. The summed E-state index contributed by atoms with van der Waals surface area (Å²) in [4.78, 5) is 12.1. The summed E-state index contributed by atoms with van der Waals surface area (Å²) in [6.07, 6.45) is 2.96. The molecule has 1 heterocycles. The molecule has 1 aliphatic carbocycles. The highest BCUT2D eigenvalue weighted by Gasteiger charge is 2.29. The third-order valence-electron chi connectivity index (χ3n) is 3.47. The molecule has 0 aromatic carbocycles. The number of nitrogens with one attached hydrogen (secondary N) is 1. The van der Waals surface area contributed by atoms with Crippen LogP contribution in [0.25, 0.3) is 0 Å². The zero-order valence-corrected chi connectivity index (χ0v) is 10.2. The Hall–Kier alpha value is -1.36. The van der Waals surface area contributed by atoms with Gasteiger partial charge >= 0.3 is 0 Å². The van der Waals surface area contributed by atoms with Gasteiger partial charge in [0.15, 0.2) is 0 Å². The van der Waals surface area contributed by atoms with Gasteiger partial charge in [-0.2, -0.15) is 0 Å². The second-order valence-electron chi connectivity index (χ2n) is 4.65. The molecule has 0 bridgehead atoms. The summed E-state index contributed by atoms with van der Waals surface area (Å²) in [5, 5.41) is 15.9. The number of rotatable bonds is 3. The minimum atomic E-state index is -0.147. The first kappa shape index (κ1) is 12.1. The molecule has 1 aliphatic rings. The Morgan fingerprint density at radius 1 is 1.53 bits per heavy atom. The number of hydrogen-bond donors (Lipinski definition) is 2. The Morgan fingerprint density at radius 3 is 2.88 bits per heavy atom. The Kier molecular flexibility index (Phi) is 3.47. The molecule has 0 saturated heterocycles. The van der Waals surface area contributed by atoms with Crippen molar-refractivity contribution >= 4 is 5.91 Å². The molecule has 0 radical (unpaired) electrons. The maximum absolute atomic E-state index is 12.1. The lowest BCUT2D eigenvalue weighted by Crippen LogP contribution is -2.38. The minimum absolute atomic E-state index is 0.0706. The summed E-state index contributed by atoms with van der Waals surface area (Å²) in [7, 11) is 0. The molecule has 2 rings (SSSR count). The fraction of sp³-hybridized carbons (Fsp3) is 0.667. The first-order valence-corrected chi connectivity index (χ1v) is 5.98. The molecule has 94 valence electrons. The van der Waals surface area contributed by atoms with E-state index < -0.39 is 0 Å². The number of aryl methyl sites for hydroxylation is 2. The molecule has 2 unspecified atom stereocenters. The van der Waals surface area contributed by atoms with Crippen molar-refractivity contribution in [2.45, 2.75) is 39.2 Å². The summed E-state index contributed by atoms with van der Waals surface area (Å²) >= 11 is 0. The van der Waals surface area contributed by atoms with E-state index in [1.54, 1.807) is 13.8 Å². The first-order chi connectivity index (χ1) is 8.13. The number of hydrogen-bond acceptors (Lipinski definition) is 4. The Labute approximate surface area is 100 Å². The standard InChI is InChI=1S/C12H18N2O3/c1-7-11(8(2)17-14-7)12(16)13-10-5-3-4-9(10)6-15/h9-10,15H,3-6H2,1-2H3,(H,13,16). The van der Waals surface area contributed by atoms with Crippen LogP contribution in [0.2, 0.25) is 0 Å². The predicted molar refractivity (Wildman–Crippen MR) is 61.7 cm³/mol. The largest absolute Gasteiger partial charge is 0.396 e. The third kappa shape index (κ3) is 2.34. The van der Waals surface area contributed by atoms with E-state index in [1.165, 1.54) is 0 Å². The fourth-order valence-corrected chi connectivity index (χ4v) is 2.49. The lowest BCUT2D eigenvalue weighted by molar-refractivity contribution is 0.0914. The SMILES string of the molecule is Cc1noc(C)c1C(=O)NC1CCCC1CO. The molecule has 1 saturated carbocycles. The first-order valence-electron chi connectivity index (χ1n) is 5.98. The van der Waals surface area contributed by atoms with Crippen LogP contribution in [0.3, 0.4) is 0 Å². The van der Waals surface area contributed by atoms with Crippen LogP contribution in [0.1, 0.15) is 41.1 Å². The molecular weight excluding hydrogens is 220 g/mol. The van der Waals surface area contributed by atoms with Crippen molar-refractivity contribution < 1.29 is 14.4 Å². The molecule has 2 N–H and O–H groups in total. The summed E-state index contributed by atoms with van der Waals surface area (Å²) in [5.41, 5.74) is 1.13. The van der Waals surface area contributed by atoms with E-state index in [4.69, 9.17) is 4.52 Å². The maximum Gasteiger partial charge on any atom is 0.257 e. The average Bonchev–Trinajstić information content (AvgIpc) is 2.85.